The van der Waals surface area contributed by atoms with E-state index in [1.807, 2.05) is 73.7 Å². The highest BCUT2D eigenvalue weighted by atomic mass is 16.5. The van der Waals surface area contributed by atoms with Gasteiger partial charge in [0.15, 0.2) is 0 Å². The fourth-order valence-corrected chi connectivity index (χ4v) is 2.43. The van der Waals surface area contributed by atoms with Crippen LogP contribution in [0.25, 0.3) is 11.6 Å². The zero-order chi connectivity index (χ0) is 17.6. The number of ether oxygens (including phenoxy) is 1. The predicted octanol–water partition coefficient (Wildman–Crippen LogP) is 5.41. The molecule has 3 heteroatoms. The van der Waals surface area contributed by atoms with E-state index in [0.717, 1.165) is 11.3 Å². The van der Waals surface area contributed by atoms with Gasteiger partial charge in [0.25, 0.3) is 0 Å². The van der Waals surface area contributed by atoms with Gasteiger partial charge >= 0.3 is 5.97 Å². The third-order valence-corrected chi connectivity index (χ3v) is 3.76. The minimum Gasteiger partial charge on any atom is -0.478 e. The van der Waals surface area contributed by atoms with E-state index in [1.165, 1.54) is 5.56 Å². The second kappa shape index (κ2) is 7.49. The van der Waals surface area contributed by atoms with Gasteiger partial charge in [0.1, 0.15) is 11.5 Å². The first-order valence-electron chi connectivity index (χ1n) is 7.97. The van der Waals surface area contributed by atoms with Gasteiger partial charge in [-0.2, -0.15) is 0 Å². The molecule has 0 saturated carbocycles. The van der Waals surface area contributed by atoms with Crippen molar-refractivity contribution in [2.45, 2.75) is 6.92 Å². The number of carbonyl (C=O) groups is 1. The monoisotopic (exact) mass is 330 g/mol. The molecule has 1 N–H and O–H groups in total. The van der Waals surface area contributed by atoms with Crippen LogP contribution in [-0.2, 0) is 4.79 Å². The molecule has 0 aromatic heterocycles. The summed E-state index contributed by atoms with van der Waals surface area (Å²) in [5.41, 5.74) is 2.91. The van der Waals surface area contributed by atoms with Crippen LogP contribution in [0.5, 0.6) is 11.5 Å². The molecule has 124 valence electrons. The van der Waals surface area contributed by atoms with Gasteiger partial charge in [-0.1, -0.05) is 60.2 Å². The van der Waals surface area contributed by atoms with Crippen molar-refractivity contribution in [1.29, 1.82) is 0 Å². The smallest absolute Gasteiger partial charge is 0.336 e. The number of benzene rings is 3. The normalized spacial score (nSPS) is 11.2. The lowest BCUT2D eigenvalue weighted by Gasteiger charge is -2.07. The second-order valence-electron chi connectivity index (χ2n) is 5.71. The van der Waals surface area contributed by atoms with Crippen molar-refractivity contribution < 1.29 is 14.6 Å². The molecule has 0 fully saturated rings. The van der Waals surface area contributed by atoms with Crippen LogP contribution in [0.2, 0.25) is 0 Å². The summed E-state index contributed by atoms with van der Waals surface area (Å²) in [6.07, 6.45) is 1.66. The first-order chi connectivity index (χ1) is 12.1. The third kappa shape index (κ3) is 4.36. The van der Waals surface area contributed by atoms with Gasteiger partial charge in [-0.05, 0) is 48.4 Å². The van der Waals surface area contributed by atoms with Gasteiger partial charge < -0.3 is 9.84 Å². The summed E-state index contributed by atoms with van der Waals surface area (Å²) in [5.74, 6) is 0.521. The maximum Gasteiger partial charge on any atom is 0.336 e. The maximum absolute atomic E-state index is 11.5. The predicted molar refractivity (Wildman–Crippen MR) is 99.6 cm³/mol. The molecule has 3 nitrogen and oxygen atoms in total. The molecule has 0 aliphatic carbocycles. The molecule has 3 aromatic carbocycles. The quantitative estimate of drug-likeness (QED) is 0.502. The van der Waals surface area contributed by atoms with Crippen LogP contribution < -0.4 is 4.74 Å². The summed E-state index contributed by atoms with van der Waals surface area (Å²) < 4.78 is 5.79. The van der Waals surface area contributed by atoms with Crippen molar-refractivity contribution in [3.63, 3.8) is 0 Å². The Morgan fingerprint density at radius 3 is 1.96 bits per heavy atom. The first kappa shape index (κ1) is 16.5. The highest BCUT2D eigenvalue weighted by molar-refractivity contribution is 6.20. The summed E-state index contributed by atoms with van der Waals surface area (Å²) in [6, 6.07) is 24.2. The molecule has 0 radical (unpaired) electrons. The van der Waals surface area contributed by atoms with Gasteiger partial charge in [-0.3, -0.25) is 0 Å². The molecule has 0 spiro atoms. The zero-order valence-electron chi connectivity index (χ0n) is 13.8. The SMILES string of the molecule is Cc1ccc(Oc2ccc(/C=C(\C(=O)O)c3ccccc3)cc2)cc1. The number of carboxylic acids is 1. The molecule has 3 rings (SSSR count). The Balaban J connectivity index is 1.81. The average molecular weight is 330 g/mol. The van der Waals surface area contributed by atoms with E-state index in [9.17, 15) is 9.90 Å². The molecular formula is C22H18O3. The van der Waals surface area contributed by atoms with Crippen LogP contribution >= 0.6 is 0 Å². The molecule has 0 aliphatic rings. The van der Waals surface area contributed by atoms with Crippen molar-refractivity contribution in [2.75, 3.05) is 0 Å². The highest BCUT2D eigenvalue weighted by Gasteiger charge is 2.09. The van der Waals surface area contributed by atoms with Crippen LogP contribution in [-0.4, -0.2) is 11.1 Å². The molecule has 3 aromatic rings. The largest absolute Gasteiger partial charge is 0.478 e. The lowest BCUT2D eigenvalue weighted by molar-refractivity contribution is -0.130. The van der Waals surface area contributed by atoms with E-state index in [1.54, 1.807) is 18.2 Å². The minimum absolute atomic E-state index is 0.257. The summed E-state index contributed by atoms with van der Waals surface area (Å²) in [7, 11) is 0. The molecule has 0 bridgehead atoms. The molecule has 0 aliphatic heterocycles. The molecule has 0 atom stereocenters. The Morgan fingerprint density at radius 2 is 1.40 bits per heavy atom. The molecule has 25 heavy (non-hydrogen) atoms. The summed E-state index contributed by atoms with van der Waals surface area (Å²) in [6.45, 7) is 2.03. The van der Waals surface area contributed by atoms with Crippen molar-refractivity contribution in [2.24, 2.45) is 0 Å². The Bertz CT molecular complexity index is 877. The maximum atomic E-state index is 11.5. The van der Waals surface area contributed by atoms with Gasteiger partial charge in [0, 0.05) is 0 Å². The van der Waals surface area contributed by atoms with Crippen molar-refractivity contribution in [3.8, 4) is 11.5 Å². The molecular weight excluding hydrogens is 312 g/mol. The summed E-state index contributed by atoms with van der Waals surface area (Å²) >= 11 is 0. The van der Waals surface area contributed by atoms with Crippen LogP contribution in [0.15, 0.2) is 78.9 Å². The lowest BCUT2D eigenvalue weighted by atomic mass is 10.0. The van der Waals surface area contributed by atoms with E-state index in [2.05, 4.69) is 0 Å². The summed E-state index contributed by atoms with van der Waals surface area (Å²) in [4.78, 5) is 11.5. The zero-order valence-corrected chi connectivity index (χ0v) is 13.8. The van der Waals surface area contributed by atoms with Gasteiger partial charge in [-0.25, -0.2) is 4.79 Å². The Kier molecular flexibility index (Phi) is 4.95. The van der Waals surface area contributed by atoms with E-state index in [-0.39, 0.29) is 5.57 Å². The fourth-order valence-electron chi connectivity index (χ4n) is 2.43. The number of carboxylic acid groups (broad SMARTS) is 1. The molecule has 0 heterocycles. The minimum atomic E-state index is -0.953. The first-order valence-corrected chi connectivity index (χ1v) is 7.97. The standard InChI is InChI=1S/C22H18O3/c1-16-7-11-19(12-8-16)25-20-13-9-17(10-14-20)15-21(22(23)24)18-5-3-2-4-6-18/h2-15H,1H3,(H,23,24)/b21-15-. The Morgan fingerprint density at radius 1 is 0.840 bits per heavy atom. The van der Waals surface area contributed by atoms with Crippen molar-refractivity contribution in [1.82, 2.24) is 0 Å². The number of aliphatic carboxylic acids is 1. The highest BCUT2D eigenvalue weighted by Crippen LogP contribution is 2.24. The Hall–Kier alpha value is -3.33. The molecule has 0 unspecified atom stereocenters. The molecule has 0 saturated heterocycles. The van der Waals surface area contributed by atoms with E-state index in [0.29, 0.717) is 11.3 Å². The Labute approximate surface area is 146 Å². The average Bonchev–Trinajstić information content (AvgIpc) is 2.63. The number of hydrogen-bond acceptors (Lipinski definition) is 2. The van der Waals surface area contributed by atoms with E-state index in [4.69, 9.17) is 4.74 Å². The van der Waals surface area contributed by atoms with Gasteiger partial charge in [-0.15, -0.1) is 0 Å². The summed E-state index contributed by atoms with van der Waals surface area (Å²) in [5, 5.41) is 9.47. The third-order valence-electron chi connectivity index (χ3n) is 3.76. The van der Waals surface area contributed by atoms with Crippen molar-refractivity contribution >= 4 is 17.6 Å². The van der Waals surface area contributed by atoms with E-state index >= 15 is 0 Å². The van der Waals surface area contributed by atoms with Crippen LogP contribution in [0.1, 0.15) is 16.7 Å². The van der Waals surface area contributed by atoms with Crippen LogP contribution in [0.4, 0.5) is 0 Å². The number of aryl methyl sites for hydroxylation is 1. The van der Waals surface area contributed by atoms with Crippen molar-refractivity contribution in [3.05, 3.63) is 95.6 Å². The van der Waals surface area contributed by atoms with Crippen LogP contribution in [0.3, 0.4) is 0 Å². The van der Waals surface area contributed by atoms with E-state index < -0.39 is 5.97 Å². The second-order valence-corrected chi connectivity index (χ2v) is 5.71. The fraction of sp³-hybridized carbons (Fsp3) is 0.0455. The molecule has 0 amide bonds. The number of rotatable bonds is 5. The van der Waals surface area contributed by atoms with Gasteiger partial charge in [0.05, 0.1) is 5.57 Å². The number of hydrogen-bond donors (Lipinski definition) is 1. The van der Waals surface area contributed by atoms with Gasteiger partial charge in [0.2, 0.25) is 0 Å². The topological polar surface area (TPSA) is 46.5 Å². The lowest BCUT2D eigenvalue weighted by Crippen LogP contribution is -1.99. The van der Waals surface area contributed by atoms with Crippen LogP contribution in [0, 0.1) is 6.92 Å².